The van der Waals surface area contributed by atoms with Gasteiger partial charge in [-0.2, -0.15) is 11.8 Å². The molecule has 0 aromatic rings. The van der Waals surface area contributed by atoms with E-state index in [0.29, 0.717) is 11.7 Å². The fraction of sp³-hybridized carbons (Fsp3) is 0.900. The number of rotatable bonds is 8. The summed E-state index contributed by atoms with van der Waals surface area (Å²) in [6.07, 6.45) is -2.63. The van der Waals surface area contributed by atoms with Crippen molar-refractivity contribution in [3.05, 3.63) is 0 Å². The summed E-state index contributed by atoms with van der Waals surface area (Å²) in [6, 6.07) is 0. The molecule has 1 unspecified atom stereocenters. The SMILES string of the molecule is CCC(C)CSC[C@@H](O)[C@@H](O)[C@@H](O)C=O. The molecule has 0 amide bonds. The van der Waals surface area contributed by atoms with Crippen molar-refractivity contribution in [3.8, 4) is 0 Å². The van der Waals surface area contributed by atoms with Crippen molar-refractivity contribution in [1.82, 2.24) is 0 Å². The molecule has 0 rings (SSSR count). The van der Waals surface area contributed by atoms with Crippen LogP contribution in [0.15, 0.2) is 0 Å². The topological polar surface area (TPSA) is 77.8 Å². The Kier molecular flexibility index (Phi) is 8.04. The molecule has 0 spiro atoms. The Balaban J connectivity index is 3.73. The molecular formula is C10H20O4S. The van der Waals surface area contributed by atoms with Crippen LogP contribution in [0.2, 0.25) is 0 Å². The molecule has 0 saturated heterocycles. The van der Waals surface area contributed by atoms with Crippen LogP contribution in [0.4, 0.5) is 0 Å². The normalized spacial score (nSPS) is 19.3. The second kappa shape index (κ2) is 8.10. The van der Waals surface area contributed by atoms with Crippen LogP contribution in [0.3, 0.4) is 0 Å². The van der Waals surface area contributed by atoms with Gasteiger partial charge in [0.15, 0.2) is 6.29 Å². The minimum atomic E-state index is -1.50. The van der Waals surface area contributed by atoms with Crippen molar-refractivity contribution in [2.45, 2.75) is 38.6 Å². The highest BCUT2D eigenvalue weighted by Gasteiger charge is 2.23. The minimum absolute atomic E-state index is 0.229. The Labute approximate surface area is 94.7 Å². The van der Waals surface area contributed by atoms with Gasteiger partial charge >= 0.3 is 0 Å². The molecule has 0 aromatic heterocycles. The number of carbonyl (C=O) groups is 1. The van der Waals surface area contributed by atoms with Crippen molar-refractivity contribution in [3.63, 3.8) is 0 Å². The van der Waals surface area contributed by atoms with Gasteiger partial charge in [0.25, 0.3) is 0 Å². The first-order valence-electron chi connectivity index (χ1n) is 5.10. The first kappa shape index (κ1) is 14.9. The summed E-state index contributed by atoms with van der Waals surface area (Å²) in [6.45, 7) is 4.20. The second-order valence-corrected chi connectivity index (χ2v) is 4.81. The van der Waals surface area contributed by atoms with Gasteiger partial charge in [-0.3, -0.25) is 0 Å². The summed E-state index contributed by atoms with van der Waals surface area (Å²) >= 11 is 1.51. The van der Waals surface area contributed by atoms with Crippen molar-refractivity contribution >= 4 is 18.0 Å². The lowest BCUT2D eigenvalue weighted by Crippen LogP contribution is -2.39. The number of thioether (sulfide) groups is 1. The van der Waals surface area contributed by atoms with E-state index in [9.17, 15) is 15.0 Å². The molecule has 0 radical (unpaired) electrons. The zero-order chi connectivity index (χ0) is 11.8. The zero-order valence-electron chi connectivity index (χ0n) is 9.17. The first-order valence-corrected chi connectivity index (χ1v) is 6.25. The van der Waals surface area contributed by atoms with Crippen LogP contribution in [-0.4, -0.2) is 51.4 Å². The van der Waals surface area contributed by atoms with Gasteiger partial charge in [-0.25, -0.2) is 0 Å². The Morgan fingerprint density at radius 3 is 2.33 bits per heavy atom. The van der Waals surface area contributed by atoms with Crippen LogP contribution in [0.25, 0.3) is 0 Å². The molecule has 5 heteroatoms. The molecule has 0 bridgehead atoms. The van der Waals surface area contributed by atoms with Crippen LogP contribution in [0, 0.1) is 5.92 Å². The van der Waals surface area contributed by atoms with Gasteiger partial charge in [0.05, 0.1) is 6.10 Å². The standard InChI is InChI=1S/C10H20O4S/c1-3-7(2)5-15-6-9(13)10(14)8(12)4-11/h4,7-10,12-14H,3,5-6H2,1-2H3/t7?,8-,9+,10-/m0/s1. The summed E-state index contributed by atoms with van der Waals surface area (Å²) in [5.41, 5.74) is 0. The second-order valence-electron chi connectivity index (χ2n) is 3.74. The van der Waals surface area contributed by atoms with Crippen LogP contribution in [0.1, 0.15) is 20.3 Å². The summed E-state index contributed by atoms with van der Waals surface area (Å²) in [5, 5.41) is 27.6. The highest BCUT2D eigenvalue weighted by molar-refractivity contribution is 7.99. The van der Waals surface area contributed by atoms with Gasteiger partial charge < -0.3 is 20.1 Å². The molecular weight excluding hydrogens is 216 g/mol. The van der Waals surface area contributed by atoms with Gasteiger partial charge in [-0.15, -0.1) is 0 Å². The molecule has 0 fully saturated rings. The number of aliphatic hydroxyl groups excluding tert-OH is 3. The Morgan fingerprint density at radius 2 is 1.87 bits per heavy atom. The molecule has 0 aliphatic carbocycles. The number of hydrogen-bond acceptors (Lipinski definition) is 5. The highest BCUT2D eigenvalue weighted by Crippen LogP contribution is 2.14. The van der Waals surface area contributed by atoms with Crippen molar-refractivity contribution in [2.24, 2.45) is 5.92 Å². The van der Waals surface area contributed by atoms with Gasteiger partial charge in [-0.05, 0) is 11.7 Å². The van der Waals surface area contributed by atoms with Crippen LogP contribution < -0.4 is 0 Å². The average molecular weight is 236 g/mol. The van der Waals surface area contributed by atoms with Crippen LogP contribution >= 0.6 is 11.8 Å². The van der Waals surface area contributed by atoms with E-state index >= 15 is 0 Å². The molecule has 0 aliphatic heterocycles. The minimum Gasteiger partial charge on any atom is -0.389 e. The predicted molar refractivity (Wildman–Crippen MR) is 60.9 cm³/mol. The monoisotopic (exact) mass is 236 g/mol. The molecule has 4 nitrogen and oxygen atoms in total. The zero-order valence-corrected chi connectivity index (χ0v) is 9.98. The number of hydrogen-bond donors (Lipinski definition) is 3. The average Bonchev–Trinajstić information content (AvgIpc) is 2.26. The fourth-order valence-electron chi connectivity index (χ4n) is 0.915. The highest BCUT2D eigenvalue weighted by atomic mass is 32.2. The molecule has 4 atom stereocenters. The lowest BCUT2D eigenvalue weighted by molar-refractivity contribution is -0.124. The third kappa shape index (κ3) is 6.14. The largest absolute Gasteiger partial charge is 0.389 e. The van der Waals surface area contributed by atoms with E-state index in [1.807, 2.05) is 0 Å². The van der Waals surface area contributed by atoms with Crippen molar-refractivity contribution in [2.75, 3.05) is 11.5 Å². The number of aldehydes is 1. The number of aliphatic hydroxyl groups is 3. The molecule has 0 heterocycles. The molecule has 90 valence electrons. The van der Waals surface area contributed by atoms with E-state index in [1.54, 1.807) is 0 Å². The fourth-order valence-corrected chi connectivity index (χ4v) is 2.13. The van der Waals surface area contributed by atoms with E-state index in [2.05, 4.69) is 13.8 Å². The number of carbonyl (C=O) groups excluding carboxylic acids is 1. The molecule has 0 aromatic carbocycles. The molecule has 3 N–H and O–H groups in total. The smallest absolute Gasteiger partial charge is 0.151 e. The third-order valence-electron chi connectivity index (χ3n) is 2.27. The summed E-state index contributed by atoms with van der Waals surface area (Å²) < 4.78 is 0. The van der Waals surface area contributed by atoms with E-state index in [1.165, 1.54) is 11.8 Å². The third-order valence-corrected chi connectivity index (χ3v) is 3.65. The maximum Gasteiger partial charge on any atom is 0.151 e. The van der Waals surface area contributed by atoms with E-state index in [4.69, 9.17) is 5.11 Å². The lowest BCUT2D eigenvalue weighted by Gasteiger charge is -2.19. The Bertz CT molecular complexity index is 177. The van der Waals surface area contributed by atoms with E-state index < -0.39 is 18.3 Å². The van der Waals surface area contributed by atoms with Crippen LogP contribution in [-0.2, 0) is 4.79 Å². The Morgan fingerprint density at radius 1 is 1.27 bits per heavy atom. The molecule has 15 heavy (non-hydrogen) atoms. The van der Waals surface area contributed by atoms with Crippen molar-refractivity contribution < 1.29 is 20.1 Å². The van der Waals surface area contributed by atoms with Gasteiger partial charge in [0.1, 0.15) is 12.2 Å². The van der Waals surface area contributed by atoms with E-state index in [-0.39, 0.29) is 6.29 Å². The molecule has 0 saturated carbocycles. The summed E-state index contributed by atoms with van der Waals surface area (Å²) in [4.78, 5) is 10.2. The first-order chi connectivity index (χ1) is 7.02. The van der Waals surface area contributed by atoms with E-state index in [0.717, 1.165) is 12.2 Å². The summed E-state index contributed by atoms with van der Waals surface area (Å²) in [5.74, 6) is 1.80. The maximum atomic E-state index is 10.2. The summed E-state index contributed by atoms with van der Waals surface area (Å²) in [7, 11) is 0. The predicted octanol–water partition coefficient (Wildman–Crippen LogP) is 0.0473. The van der Waals surface area contributed by atoms with Crippen LogP contribution in [0.5, 0.6) is 0 Å². The lowest BCUT2D eigenvalue weighted by atomic mass is 10.1. The van der Waals surface area contributed by atoms with Gasteiger partial charge in [0.2, 0.25) is 0 Å². The van der Waals surface area contributed by atoms with Gasteiger partial charge in [0, 0.05) is 5.75 Å². The van der Waals surface area contributed by atoms with Gasteiger partial charge in [-0.1, -0.05) is 20.3 Å². The maximum absolute atomic E-state index is 10.2. The molecule has 0 aliphatic rings. The van der Waals surface area contributed by atoms with Crippen molar-refractivity contribution in [1.29, 1.82) is 0 Å². The Hall–Kier alpha value is -0.100. The quantitative estimate of drug-likeness (QED) is 0.519.